The quantitative estimate of drug-likeness (QED) is 0.687. The van der Waals surface area contributed by atoms with Crippen LogP contribution < -0.4 is 4.74 Å². The SMILES string of the molecule is CCc1ccccc1OC1CCC1. The molecule has 13 heavy (non-hydrogen) atoms. The van der Waals surface area contributed by atoms with Crippen LogP contribution in [0.4, 0.5) is 0 Å². The molecule has 70 valence electrons. The van der Waals surface area contributed by atoms with E-state index < -0.39 is 0 Å². The van der Waals surface area contributed by atoms with Crippen LogP contribution in [0, 0.1) is 0 Å². The molecule has 1 aliphatic carbocycles. The van der Waals surface area contributed by atoms with Gasteiger partial charge in [0.15, 0.2) is 0 Å². The maximum absolute atomic E-state index is 5.87. The number of rotatable bonds is 3. The molecule has 1 heteroatoms. The highest BCUT2D eigenvalue weighted by atomic mass is 16.5. The van der Waals surface area contributed by atoms with Crippen molar-refractivity contribution in [2.75, 3.05) is 0 Å². The molecule has 0 bridgehead atoms. The molecule has 0 heterocycles. The van der Waals surface area contributed by atoms with Gasteiger partial charge in [0.25, 0.3) is 0 Å². The van der Waals surface area contributed by atoms with Gasteiger partial charge in [-0.25, -0.2) is 0 Å². The van der Waals surface area contributed by atoms with Gasteiger partial charge < -0.3 is 4.74 Å². The van der Waals surface area contributed by atoms with Crippen molar-refractivity contribution in [3.8, 4) is 5.75 Å². The second-order valence-corrected chi connectivity index (χ2v) is 3.63. The Morgan fingerprint density at radius 2 is 2.08 bits per heavy atom. The Labute approximate surface area is 79.7 Å². The molecule has 0 aromatic heterocycles. The Morgan fingerprint density at radius 3 is 2.69 bits per heavy atom. The lowest BCUT2D eigenvalue weighted by Crippen LogP contribution is -2.24. The second kappa shape index (κ2) is 3.82. The third-order valence-electron chi connectivity index (χ3n) is 2.70. The molecule has 2 rings (SSSR count). The third kappa shape index (κ3) is 1.85. The summed E-state index contributed by atoms with van der Waals surface area (Å²) >= 11 is 0. The van der Waals surface area contributed by atoms with Crippen molar-refractivity contribution < 1.29 is 4.74 Å². The van der Waals surface area contributed by atoms with Gasteiger partial charge in [0.05, 0.1) is 6.10 Å². The number of hydrogen-bond donors (Lipinski definition) is 0. The van der Waals surface area contributed by atoms with Gasteiger partial charge in [-0.3, -0.25) is 0 Å². The molecule has 1 aliphatic rings. The Bertz CT molecular complexity index is 276. The normalized spacial score (nSPS) is 16.7. The standard InChI is InChI=1S/C12H16O/c1-2-10-6-3-4-9-12(10)13-11-7-5-8-11/h3-4,6,9,11H,2,5,7-8H2,1H3. The van der Waals surface area contributed by atoms with E-state index in [1.807, 2.05) is 6.07 Å². The zero-order chi connectivity index (χ0) is 9.10. The molecule has 1 aromatic carbocycles. The molecular formula is C12H16O. The van der Waals surface area contributed by atoms with E-state index >= 15 is 0 Å². The smallest absolute Gasteiger partial charge is 0.122 e. The van der Waals surface area contributed by atoms with Gasteiger partial charge in [-0.05, 0) is 37.3 Å². The van der Waals surface area contributed by atoms with Crippen molar-refractivity contribution in [3.63, 3.8) is 0 Å². The molecule has 0 spiro atoms. The average molecular weight is 176 g/mol. The van der Waals surface area contributed by atoms with E-state index in [0.717, 1.165) is 12.2 Å². The van der Waals surface area contributed by atoms with Crippen LogP contribution in [-0.2, 0) is 6.42 Å². The molecule has 1 nitrogen and oxygen atoms in total. The van der Waals surface area contributed by atoms with Crippen LogP contribution in [0.15, 0.2) is 24.3 Å². The summed E-state index contributed by atoms with van der Waals surface area (Å²) in [6, 6.07) is 8.35. The van der Waals surface area contributed by atoms with Gasteiger partial charge in [-0.1, -0.05) is 25.1 Å². The van der Waals surface area contributed by atoms with Crippen LogP contribution >= 0.6 is 0 Å². The molecule has 0 amide bonds. The maximum atomic E-state index is 5.87. The predicted molar refractivity (Wildman–Crippen MR) is 54.1 cm³/mol. The fourth-order valence-electron chi connectivity index (χ4n) is 1.58. The topological polar surface area (TPSA) is 9.23 Å². The number of aryl methyl sites for hydroxylation is 1. The summed E-state index contributed by atoms with van der Waals surface area (Å²) in [5, 5.41) is 0. The van der Waals surface area contributed by atoms with Crippen LogP contribution in [0.3, 0.4) is 0 Å². The van der Waals surface area contributed by atoms with Crippen molar-refractivity contribution in [3.05, 3.63) is 29.8 Å². The van der Waals surface area contributed by atoms with E-state index in [9.17, 15) is 0 Å². The van der Waals surface area contributed by atoms with Gasteiger partial charge >= 0.3 is 0 Å². The van der Waals surface area contributed by atoms with Crippen molar-refractivity contribution in [2.45, 2.75) is 38.7 Å². The molecule has 0 unspecified atom stereocenters. The minimum atomic E-state index is 0.493. The summed E-state index contributed by atoms with van der Waals surface area (Å²) in [5.74, 6) is 1.09. The largest absolute Gasteiger partial charge is 0.490 e. The van der Waals surface area contributed by atoms with Gasteiger partial charge in [0.1, 0.15) is 5.75 Å². The zero-order valence-corrected chi connectivity index (χ0v) is 8.12. The summed E-state index contributed by atoms with van der Waals surface area (Å²) in [6.45, 7) is 2.17. The molecular weight excluding hydrogens is 160 g/mol. The van der Waals surface area contributed by atoms with Gasteiger partial charge in [-0.15, -0.1) is 0 Å². The monoisotopic (exact) mass is 176 g/mol. The van der Waals surface area contributed by atoms with Crippen molar-refractivity contribution in [2.24, 2.45) is 0 Å². The maximum Gasteiger partial charge on any atom is 0.122 e. The minimum absolute atomic E-state index is 0.493. The van der Waals surface area contributed by atoms with E-state index in [1.165, 1.54) is 24.8 Å². The van der Waals surface area contributed by atoms with Gasteiger partial charge in [-0.2, -0.15) is 0 Å². The van der Waals surface area contributed by atoms with Gasteiger partial charge in [0.2, 0.25) is 0 Å². The molecule has 0 atom stereocenters. The lowest BCUT2D eigenvalue weighted by atomic mass is 9.96. The second-order valence-electron chi connectivity index (χ2n) is 3.63. The highest BCUT2D eigenvalue weighted by molar-refractivity contribution is 5.33. The van der Waals surface area contributed by atoms with E-state index in [2.05, 4.69) is 25.1 Å². The Balaban J connectivity index is 2.08. The lowest BCUT2D eigenvalue weighted by molar-refractivity contribution is 0.119. The summed E-state index contributed by atoms with van der Waals surface area (Å²) in [7, 11) is 0. The first-order chi connectivity index (χ1) is 6.40. The first kappa shape index (κ1) is 8.61. The Hall–Kier alpha value is -0.980. The van der Waals surface area contributed by atoms with Crippen LogP contribution in [-0.4, -0.2) is 6.10 Å². The van der Waals surface area contributed by atoms with E-state index in [4.69, 9.17) is 4.74 Å². The van der Waals surface area contributed by atoms with Crippen molar-refractivity contribution >= 4 is 0 Å². The first-order valence-corrected chi connectivity index (χ1v) is 5.14. The minimum Gasteiger partial charge on any atom is -0.490 e. The van der Waals surface area contributed by atoms with Crippen LogP contribution in [0.2, 0.25) is 0 Å². The molecule has 1 saturated carbocycles. The number of para-hydroxylation sites is 1. The highest BCUT2D eigenvalue weighted by Gasteiger charge is 2.19. The molecule has 0 N–H and O–H groups in total. The predicted octanol–water partition coefficient (Wildman–Crippen LogP) is 3.18. The Kier molecular flexibility index (Phi) is 2.53. The fraction of sp³-hybridized carbons (Fsp3) is 0.500. The number of ether oxygens (including phenoxy) is 1. The average Bonchev–Trinajstić information content (AvgIpc) is 2.12. The molecule has 0 saturated heterocycles. The zero-order valence-electron chi connectivity index (χ0n) is 8.12. The van der Waals surface area contributed by atoms with Crippen LogP contribution in [0.1, 0.15) is 31.7 Å². The molecule has 0 aliphatic heterocycles. The van der Waals surface area contributed by atoms with Gasteiger partial charge in [0, 0.05) is 0 Å². The van der Waals surface area contributed by atoms with Crippen molar-refractivity contribution in [1.82, 2.24) is 0 Å². The van der Waals surface area contributed by atoms with E-state index in [0.29, 0.717) is 6.10 Å². The third-order valence-corrected chi connectivity index (χ3v) is 2.70. The first-order valence-electron chi connectivity index (χ1n) is 5.14. The van der Waals surface area contributed by atoms with E-state index in [1.54, 1.807) is 0 Å². The highest BCUT2D eigenvalue weighted by Crippen LogP contribution is 2.27. The number of benzene rings is 1. The summed E-state index contributed by atoms with van der Waals surface area (Å²) in [6.07, 6.45) is 5.35. The van der Waals surface area contributed by atoms with E-state index in [-0.39, 0.29) is 0 Å². The van der Waals surface area contributed by atoms with Crippen molar-refractivity contribution in [1.29, 1.82) is 0 Å². The summed E-state index contributed by atoms with van der Waals surface area (Å²) < 4.78 is 5.87. The fourth-order valence-corrected chi connectivity index (χ4v) is 1.58. The summed E-state index contributed by atoms with van der Waals surface area (Å²) in [5.41, 5.74) is 1.33. The lowest BCUT2D eigenvalue weighted by Gasteiger charge is -2.27. The molecule has 1 fully saturated rings. The summed E-state index contributed by atoms with van der Waals surface area (Å²) in [4.78, 5) is 0. The Morgan fingerprint density at radius 1 is 1.31 bits per heavy atom. The molecule has 1 aromatic rings. The van der Waals surface area contributed by atoms with Crippen LogP contribution in [0.25, 0.3) is 0 Å². The van der Waals surface area contributed by atoms with Crippen LogP contribution in [0.5, 0.6) is 5.75 Å². The molecule has 0 radical (unpaired) electrons. The number of hydrogen-bond acceptors (Lipinski definition) is 1.